The van der Waals surface area contributed by atoms with E-state index in [9.17, 15) is 4.79 Å². The highest BCUT2D eigenvalue weighted by atomic mass is 16.5. The topological polar surface area (TPSA) is 26.3 Å². The number of hydrogen-bond acceptors (Lipinski definition) is 2. The van der Waals surface area contributed by atoms with Crippen LogP contribution in [-0.2, 0) is 22.4 Å². The summed E-state index contributed by atoms with van der Waals surface area (Å²) >= 11 is 0. The van der Waals surface area contributed by atoms with Crippen LogP contribution in [0.4, 0.5) is 0 Å². The van der Waals surface area contributed by atoms with Gasteiger partial charge in [0.25, 0.3) is 0 Å². The molecule has 0 spiro atoms. The molecule has 1 aliphatic heterocycles. The fourth-order valence-corrected chi connectivity index (χ4v) is 4.10. The number of hydrogen-bond donors (Lipinski definition) is 0. The molecule has 0 amide bonds. The lowest BCUT2D eigenvalue weighted by Gasteiger charge is -2.16. The highest BCUT2D eigenvalue weighted by Crippen LogP contribution is 2.27. The van der Waals surface area contributed by atoms with Gasteiger partial charge < -0.3 is 4.74 Å². The summed E-state index contributed by atoms with van der Waals surface area (Å²) < 4.78 is 5.14. The molecule has 2 aromatic rings. The van der Waals surface area contributed by atoms with Crippen LogP contribution in [-0.4, -0.2) is 19.0 Å². The molecule has 252 valence electrons. The average Bonchev–Trinajstić information content (AvgIpc) is 3.03. The first kappa shape index (κ1) is 46.0. The Labute approximate surface area is 275 Å². The maximum Gasteiger partial charge on any atom is 0.155 e. The van der Waals surface area contributed by atoms with E-state index in [1.165, 1.54) is 84.7 Å². The molecule has 44 heavy (non-hydrogen) atoms. The molecule has 0 saturated carbocycles. The first-order valence-electron chi connectivity index (χ1n) is 17.5. The Kier molecular flexibility index (Phi) is 33.4. The monoisotopic (exact) mass is 609 g/mol. The van der Waals surface area contributed by atoms with E-state index in [0.717, 1.165) is 31.1 Å². The van der Waals surface area contributed by atoms with Crippen molar-refractivity contribution in [2.24, 2.45) is 5.92 Å². The van der Waals surface area contributed by atoms with Crippen molar-refractivity contribution in [3.63, 3.8) is 0 Å². The van der Waals surface area contributed by atoms with Gasteiger partial charge in [-0.05, 0) is 112 Å². The van der Waals surface area contributed by atoms with Gasteiger partial charge >= 0.3 is 0 Å². The highest BCUT2D eigenvalue weighted by Gasteiger charge is 2.07. The number of benzene rings is 2. The fourth-order valence-electron chi connectivity index (χ4n) is 4.10. The van der Waals surface area contributed by atoms with Gasteiger partial charge in [0, 0.05) is 13.2 Å². The Bertz CT molecular complexity index is 989. The van der Waals surface area contributed by atoms with E-state index in [1.807, 2.05) is 40.7 Å². The van der Waals surface area contributed by atoms with Gasteiger partial charge in [-0.2, -0.15) is 0 Å². The van der Waals surface area contributed by atoms with Crippen LogP contribution in [0.2, 0.25) is 0 Å². The van der Waals surface area contributed by atoms with Crippen molar-refractivity contribution in [1.29, 1.82) is 0 Å². The number of aryl methyl sites for hydroxylation is 4. The maximum atomic E-state index is 10.3. The lowest BCUT2D eigenvalue weighted by Crippen LogP contribution is -2.12. The van der Waals surface area contributed by atoms with Gasteiger partial charge in [-0.3, -0.25) is 4.79 Å². The molecule has 0 unspecified atom stereocenters. The number of Topliss-reactive ketones (excluding diaryl/α,β-unsaturated/α-hetero) is 1. The Morgan fingerprint density at radius 3 is 1.75 bits per heavy atom. The van der Waals surface area contributed by atoms with Gasteiger partial charge in [0.15, 0.2) is 5.78 Å². The van der Waals surface area contributed by atoms with Crippen LogP contribution in [0, 0.1) is 19.8 Å². The van der Waals surface area contributed by atoms with Crippen LogP contribution >= 0.6 is 0 Å². The van der Waals surface area contributed by atoms with Crippen LogP contribution < -0.4 is 0 Å². The lowest BCUT2D eigenvalue weighted by atomic mass is 9.93. The molecule has 2 heteroatoms. The van der Waals surface area contributed by atoms with Crippen molar-refractivity contribution in [2.45, 2.75) is 148 Å². The zero-order valence-electron chi connectivity index (χ0n) is 31.5. The van der Waals surface area contributed by atoms with Crippen LogP contribution in [0.5, 0.6) is 0 Å². The van der Waals surface area contributed by atoms with Gasteiger partial charge in [0.1, 0.15) is 0 Å². The van der Waals surface area contributed by atoms with Crippen molar-refractivity contribution in [2.75, 3.05) is 13.2 Å². The summed E-state index contributed by atoms with van der Waals surface area (Å²) in [6.07, 6.45) is 15.1. The molecule has 0 bridgehead atoms. The summed E-state index contributed by atoms with van der Waals surface area (Å²) in [7, 11) is 0. The standard InChI is InChI=1S/C19H24.C6H12O.C6H10O.C6H14.C3H6.C2H6/c1-5-7-17-13-18(11-9-14(17)3)19-12-16(6-2)10-8-15(19)4;1-6-2-4-7-5-3-6;1-4-5(2)6(3)7;1-3-5-6-4-2;1-3-2;1-2/h8-13H,5-7H2,1-4H3;6H,2-5H2,1H3;4H,1-3H3;3-6H2,1-2H3;3H,1H2,2H3;1-2H3/b;;5-4+;;;. The third-order valence-corrected chi connectivity index (χ3v) is 7.35. The average molecular weight is 609 g/mol. The number of rotatable bonds is 8. The third kappa shape index (κ3) is 23.9. The lowest BCUT2D eigenvalue weighted by molar-refractivity contribution is -0.113. The molecule has 1 fully saturated rings. The van der Waals surface area contributed by atoms with Crippen LogP contribution in [0.3, 0.4) is 0 Å². The van der Waals surface area contributed by atoms with Gasteiger partial charge in [-0.15, -0.1) is 6.58 Å². The van der Waals surface area contributed by atoms with Gasteiger partial charge in [-0.25, -0.2) is 0 Å². The molecule has 2 aromatic carbocycles. The summed E-state index contributed by atoms with van der Waals surface area (Å²) in [5.74, 6) is 1.07. The molecule has 0 atom stereocenters. The predicted molar refractivity (Wildman–Crippen MR) is 201 cm³/mol. The summed E-state index contributed by atoms with van der Waals surface area (Å²) in [6, 6.07) is 13.7. The van der Waals surface area contributed by atoms with Crippen molar-refractivity contribution >= 4 is 5.78 Å². The quantitative estimate of drug-likeness (QED) is 0.169. The number of allylic oxidation sites excluding steroid dienone is 3. The number of unbranched alkanes of at least 4 members (excludes halogenated alkanes) is 3. The van der Waals surface area contributed by atoms with Gasteiger partial charge in [-0.1, -0.05) is 129 Å². The molecule has 1 aliphatic rings. The second kappa shape index (κ2) is 32.0. The first-order valence-corrected chi connectivity index (χ1v) is 17.5. The minimum absolute atomic E-state index is 0.155. The molecule has 2 nitrogen and oxygen atoms in total. The van der Waals surface area contributed by atoms with E-state index in [-0.39, 0.29) is 5.78 Å². The maximum absolute atomic E-state index is 10.3. The number of ketones is 1. The van der Waals surface area contributed by atoms with Crippen molar-refractivity contribution in [3.8, 4) is 11.1 Å². The summed E-state index contributed by atoms with van der Waals surface area (Å²) in [6.45, 7) is 32.1. The largest absolute Gasteiger partial charge is 0.381 e. The van der Waals surface area contributed by atoms with E-state index in [4.69, 9.17) is 4.74 Å². The van der Waals surface area contributed by atoms with E-state index in [0.29, 0.717) is 0 Å². The van der Waals surface area contributed by atoms with E-state index >= 15 is 0 Å². The molecule has 1 heterocycles. The van der Waals surface area contributed by atoms with E-state index < -0.39 is 0 Å². The van der Waals surface area contributed by atoms with Crippen molar-refractivity contribution in [1.82, 2.24) is 0 Å². The van der Waals surface area contributed by atoms with Crippen molar-refractivity contribution < 1.29 is 9.53 Å². The Morgan fingerprint density at radius 1 is 0.864 bits per heavy atom. The second-order valence-corrected chi connectivity index (χ2v) is 11.3. The molecule has 0 radical (unpaired) electrons. The Hall–Kier alpha value is -2.45. The number of ether oxygens (including phenoxy) is 1. The van der Waals surface area contributed by atoms with E-state index in [1.54, 1.807) is 13.0 Å². The third-order valence-electron chi connectivity index (χ3n) is 7.35. The highest BCUT2D eigenvalue weighted by molar-refractivity contribution is 5.92. The van der Waals surface area contributed by atoms with Crippen LogP contribution in [0.1, 0.15) is 143 Å². The summed E-state index contributed by atoms with van der Waals surface area (Å²) in [5.41, 5.74) is 9.26. The van der Waals surface area contributed by atoms with Gasteiger partial charge in [0.2, 0.25) is 0 Å². The zero-order chi connectivity index (χ0) is 34.3. The SMILES string of the molecule is C/C=C(\C)C(C)=O.C=CC.CC.CC1CCOCC1.CCCCCC.CCCc1cc(-c2cc(CC)ccc2C)ccc1C. The molecule has 3 rings (SSSR count). The second-order valence-electron chi connectivity index (χ2n) is 11.3. The molecule has 0 aliphatic carbocycles. The van der Waals surface area contributed by atoms with Crippen LogP contribution in [0.15, 0.2) is 60.7 Å². The summed E-state index contributed by atoms with van der Waals surface area (Å²) in [5, 5.41) is 0. The molecule has 0 aromatic heterocycles. The smallest absolute Gasteiger partial charge is 0.155 e. The molecular weight excluding hydrogens is 536 g/mol. The number of carbonyl (C=O) groups excluding carboxylic acids is 1. The minimum atomic E-state index is 0.155. The first-order chi connectivity index (χ1) is 21.1. The Balaban J connectivity index is -0.000000556. The molecular formula is C42H72O2. The predicted octanol–water partition coefficient (Wildman–Crippen LogP) is 13.3. The fraction of sp³-hybridized carbons (Fsp3) is 0.595. The van der Waals surface area contributed by atoms with Gasteiger partial charge in [0.05, 0.1) is 0 Å². The number of carbonyl (C=O) groups is 1. The normalized spacial score (nSPS) is 12.2. The molecule has 1 saturated heterocycles. The molecule has 0 N–H and O–H groups in total. The minimum Gasteiger partial charge on any atom is -0.381 e. The zero-order valence-corrected chi connectivity index (χ0v) is 31.5. The Morgan fingerprint density at radius 2 is 1.39 bits per heavy atom. The van der Waals surface area contributed by atoms with Crippen molar-refractivity contribution in [3.05, 3.63) is 83.0 Å². The summed E-state index contributed by atoms with van der Waals surface area (Å²) in [4.78, 5) is 10.3. The van der Waals surface area contributed by atoms with E-state index in [2.05, 4.69) is 91.4 Å². The van der Waals surface area contributed by atoms with Crippen LogP contribution in [0.25, 0.3) is 11.1 Å².